The van der Waals surface area contributed by atoms with Gasteiger partial charge in [-0.2, -0.15) is 5.10 Å². The third kappa shape index (κ3) is 3.02. The number of hydrogen-bond donors (Lipinski definition) is 1. The Balaban J connectivity index is 2.51. The zero-order chi connectivity index (χ0) is 14.0. The Hall–Kier alpha value is -0.840. The Kier molecular flexibility index (Phi) is 4.66. The molecule has 0 radical (unpaired) electrons. The third-order valence-corrected chi connectivity index (χ3v) is 4.42. The molecular weight excluding hydrogens is 326 g/mol. The summed E-state index contributed by atoms with van der Waals surface area (Å²) in [4.78, 5) is 0. The number of aryl methyl sites for hydroxylation is 1. The maximum Gasteiger partial charge on any atom is 0.0743 e. The summed E-state index contributed by atoms with van der Waals surface area (Å²) in [5, 5.41) is 8.66. The van der Waals surface area contributed by atoms with Gasteiger partial charge in [-0.15, -0.1) is 0 Å². The second-order valence-electron chi connectivity index (χ2n) is 4.45. The first kappa shape index (κ1) is 14.6. The van der Waals surface area contributed by atoms with E-state index in [2.05, 4.69) is 40.2 Å². The molecule has 1 heterocycles. The lowest BCUT2D eigenvalue weighted by atomic mass is 10.1. The Bertz CT molecular complexity index is 593. The number of benzene rings is 1. The number of halogens is 2. The van der Waals surface area contributed by atoms with Crippen LogP contribution in [0.1, 0.15) is 23.9 Å². The van der Waals surface area contributed by atoms with Crippen LogP contribution in [0.2, 0.25) is 5.02 Å². The van der Waals surface area contributed by atoms with Gasteiger partial charge in [-0.05, 0) is 60.1 Å². The molecule has 19 heavy (non-hydrogen) atoms. The van der Waals surface area contributed by atoms with Crippen LogP contribution in [0.4, 0.5) is 0 Å². The predicted molar refractivity (Wildman–Crippen MR) is 83.1 cm³/mol. The molecule has 0 unspecified atom stereocenters. The zero-order valence-corrected chi connectivity index (χ0v) is 13.6. The third-order valence-electron chi connectivity index (χ3n) is 3.04. The van der Waals surface area contributed by atoms with E-state index in [1.807, 2.05) is 29.8 Å². The van der Waals surface area contributed by atoms with Gasteiger partial charge in [0, 0.05) is 11.6 Å². The summed E-state index contributed by atoms with van der Waals surface area (Å²) in [6.07, 6.45) is 0. The van der Waals surface area contributed by atoms with Gasteiger partial charge in [-0.3, -0.25) is 0 Å². The normalized spacial score (nSPS) is 11.0. The maximum absolute atomic E-state index is 6.09. The van der Waals surface area contributed by atoms with Crippen molar-refractivity contribution in [3.63, 3.8) is 0 Å². The van der Waals surface area contributed by atoms with Gasteiger partial charge >= 0.3 is 0 Å². The van der Waals surface area contributed by atoms with Crippen molar-refractivity contribution in [3.8, 4) is 5.69 Å². The number of rotatable bonds is 4. The second-order valence-corrected chi connectivity index (χ2v) is 5.68. The lowest BCUT2D eigenvalue weighted by Gasteiger charge is -2.12. The number of nitrogens with zero attached hydrogens (tertiary/aromatic N) is 2. The van der Waals surface area contributed by atoms with Crippen LogP contribution in [0.15, 0.2) is 22.7 Å². The molecule has 0 saturated carbocycles. The van der Waals surface area contributed by atoms with E-state index >= 15 is 0 Å². The highest BCUT2D eigenvalue weighted by Gasteiger charge is 2.13. The van der Waals surface area contributed by atoms with Crippen LogP contribution in [0.25, 0.3) is 5.69 Å². The highest BCUT2D eigenvalue weighted by Crippen LogP contribution is 2.26. The minimum Gasteiger partial charge on any atom is -0.313 e. The average Bonchev–Trinajstić information content (AvgIpc) is 2.64. The molecule has 1 aromatic heterocycles. The van der Waals surface area contributed by atoms with Gasteiger partial charge in [-0.25, -0.2) is 4.68 Å². The highest BCUT2D eigenvalue weighted by molar-refractivity contribution is 9.10. The molecule has 5 heteroatoms. The summed E-state index contributed by atoms with van der Waals surface area (Å²) < 4.78 is 3.01. The van der Waals surface area contributed by atoms with E-state index in [4.69, 9.17) is 11.6 Å². The van der Waals surface area contributed by atoms with Crippen molar-refractivity contribution < 1.29 is 0 Å². The van der Waals surface area contributed by atoms with Crippen LogP contribution in [0, 0.1) is 13.8 Å². The molecule has 1 N–H and O–H groups in total. The molecule has 0 aliphatic rings. The summed E-state index contributed by atoms with van der Waals surface area (Å²) in [6.45, 7) is 7.84. The van der Waals surface area contributed by atoms with E-state index in [9.17, 15) is 0 Å². The molecule has 0 bridgehead atoms. The Morgan fingerprint density at radius 1 is 1.37 bits per heavy atom. The van der Waals surface area contributed by atoms with Crippen LogP contribution in [-0.2, 0) is 6.54 Å². The SMILES string of the molecule is CCNCc1cc(Cl)ccc1-n1nc(C)c(Br)c1C. The van der Waals surface area contributed by atoms with Crippen LogP contribution in [0.5, 0.6) is 0 Å². The van der Waals surface area contributed by atoms with E-state index < -0.39 is 0 Å². The molecule has 0 aliphatic heterocycles. The van der Waals surface area contributed by atoms with Crippen molar-refractivity contribution in [2.24, 2.45) is 0 Å². The minimum absolute atomic E-state index is 0.747. The summed E-state index contributed by atoms with van der Waals surface area (Å²) in [5.41, 5.74) is 4.29. The molecule has 0 saturated heterocycles. The second kappa shape index (κ2) is 6.07. The first-order valence-corrected chi connectivity index (χ1v) is 7.43. The fourth-order valence-corrected chi connectivity index (χ4v) is 2.46. The quantitative estimate of drug-likeness (QED) is 0.909. The number of aromatic nitrogens is 2. The van der Waals surface area contributed by atoms with Crippen molar-refractivity contribution in [1.82, 2.24) is 15.1 Å². The van der Waals surface area contributed by atoms with E-state index in [1.54, 1.807) is 0 Å². The fourth-order valence-electron chi connectivity index (χ4n) is 2.02. The monoisotopic (exact) mass is 341 g/mol. The van der Waals surface area contributed by atoms with Crippen molar-refractivity contribution in [2.45, 2.75) is 27.3 Å². The lowest BCUT2D eigenvalue weighted by Crippen LogP contribution is -2.14. The Morgan fingerprint density at radius 3 is 2.68 bits per heavy atom. The molecule has 0 atom stereocenters. The number of hydrogen-bond acceptors (Lipinski definition) is 2. The van der Waals surface area contributed by atoms with E-state index in [1.165, 1.54) is 0 Å². The maximum atomic E-state index is 6.09. The molecule has 0 spiro atoms. The first-order valence-electron chi connectivity index (χ1n) is 6.25. The predicted octanol–water partition coefficient (Wildman–Crippen LogP) is 4.01. The molecule has 2 aromatic rings. The van der Waals surface area contributed by atoms with E-state index in [0.29, 0.717) is 0 Å². The van der Waals surface area contributed by atoms with Crippen molar-refractivity contribution >= 4 is 27.5 Å². The molecule has 102 valence electrons. The Labute approximate surface area is 127 Å². The van der Waals surface area contributed by atoms with Crippen LogP contribution < -0.4 is 5.32 Å². The smallest absolute Gasteiger partial charge is 0.0743 e. The van der Waals surface area contributed by atoms with Gasteiger partial charge in [0.05, 0.1) is 21.5 Å². The van der Waals surface area contributed by atoms with Crippen molar-refractivity contribution in [1.29, 1.82) is 0 Å². The topological polar surface area (TPSA) is 29.9 Å². The molecule has 0 amide bonds. The van der Waals surface area contributed by atoms with E-state index in [0.717, 1.165) is 45.2 Å². The summed E-state index contributed by atoms with van der Waals surface area (Å²) >= 11 is 9.66. The van der Waals surface area contributed by atoms with Gasteiger partial charge in [0.1, 0.15) is 0 Å². The van der Waals surface area contributed by atoms with Gasteiger partial charge in [0.15, 0.2) is 0 Å². The number of nitrogens with one attached hydrogen (secondary N) is 1. The van der Waals surface area contributed by atoms with Crippen LogP contribution in [-0.4, -0.2) is 16.3 Å². The molecule has 3 nitrogen and oxygen atoms in total. The van der Waals surface area contributed by atoms with Gasteiger partial charge in [0.25, 0.3) is 0 Å². The van der Waals surface area contributed by atoms with Crippen LogP contribution >= 0.6 is 27.5 Å². The van der Waals surface area contributed by atoms with Crippen molar-refractivity contribution in [2.75, 3.05) is 6.54 Å². The molecule has 0 fully saturated rings. The molecule has 1 aromatic carbocycles. The summed E-state index contributed by atoms with van der Waals surface area (Å²) in [6, 6.07) is 5.90. The standard InChI is InChI=1S/C14H17BrClN3/c1-4-17-8-11-7-12(16)5-6-13(11)19-10(3)14(15)9(2)18-19/h5-7,17H,4,8H2,1-3H3. The van der Waals surface area contributed by atoms with Gasteiger partial charge < -0.3 is 5.32 Å². The average molecular weight is 343 g/mol. The summed E-state index contributed by atoms with van der Waals surface area (Å²) in [5.74, 6) is 0. The largest absolute Gasteiger partial charge is 0.313 e. The Morgan fingerprint density at radius 2 is 2.11 bits per heavy atom. The minimum atomic E-state index is 0.747. The van der Waals surface area contributed by atoms with Crippen LogP contribution in [0.3, 0.4) is 0 Å². The lowest BCUT2D eigenvalue weighted by molar-refractivity contribution is 0.713. The van der Waals surface area contributed by atoms with Gasteiger partial charge in [0.2, 0.25) is 0 Å². The zero-order valence-electron chi connectivity index (χ0n) is 11.3. The molecular formula is C14H17BrClN3. The molecule has 2 rings (SSSR count). The van der Waals surface area contributed by atoms with Gasteiger partial charge in [-0.1, -0.05) is 18.5 Å². The molecule has 0 aliphatic carbocycles. The summed E-state index contributed by atoms with van der Waals surface area (Å²) in [7, 11) is 0. The van der Waals surface area contributed by atoms with E-state index in [-0.39, 0.29) is 0 Å². The first-order chi connectivity index (χ1) is 9.04. The fraction of sp³-hybridized carbons (Fsp3) is 0.357. The highest BCUT2D eigenvalue weighted by atomic mass is 79.9. The van der Waals surface area contributed by atoms with Crippen molar-refractivity contribution in [3.05, 3.63) is 44.6 Å².